The molecule has 3 N–H and O–H groups in total. The van der Waals surface area contributed by atoms with Crippen molar-refractivity contribution in [1.82, 2.24) is 15.2 Å². The molecule has 0 radical (unpaired) electrons. The van der Waals surface area contributed by atoms with Crippen molar-refractivity contribution in [3.8, 4) is 0 Å². The highest BCUT2D eigenvalue weighted by molar-refractivity contribution is 9.10. The van der Waals surface area contributed by atoms with E-state index in [4.69, 9.17) is 10.5 Å². The first-order valence-electron chi connectivity index (χ1n) is 5.92. The van der Waals surface area contributed by atoms with Crippen LogP contribution in [0.1, 0.15) is 10.4 Å². The van der Waals surface area contributed by atoms with E-state index < -0.39 is 0 Å². The Morgan fingerprint density at radius 3 is 2.95 bits per heavy atom. The SMILES string of the molecule is CN(C)CCOCCNC(=O)c1cc(Br)cnc1N. The van der Waals surface area contributed by atoms with E-state index in [1.165, 1.54) is 0 Å². The van der Waals surface area contributed by atoms with Gasteiger partial charge >= 0.3 is 0 Å². The number of nitrogens with two attached hydrogens (primary N) is 1. The first-order chi connectivity index (χ1) is 9.00. The Hall–Kier alpha value is -1.18. The van der Waals surface area contributed by atoms with Crippen LogP contribution in [0.25, 0.3) is 0 Å². The molecule has 0 fully saturated rings. The highest BCUT2D eigenvalue weighted by Gasteiger charge is 2.10. The molecule has 0 bridgehead atoms. The van der Waals surface area contributed by atoms with Gasteiger partial charge in [0.05, 0.1) is 18.8 Å². The van der Waals surface area contributed by atoms with Gasteiger partial charge in [-0.2, -0.15) is 0 Å². The molecule has 0 unspecified atom stereocenters. The fraction of sp³-hybridized carbons (Fsp3) is 0.500. The van der Waals surface area contributed by atoms with Gasteiger partial charge in [-0.1, -0.05) is 0 Å². The van der Waals surface area contributed by atoms with Crippen molar-refractivity contribution in [2.24, 2.45) is 0 Å². The number of pyridine rings is 1. The molecule has 0 saturated carbocycles. The number of nitrogens with zero attached hydrogens (tertiary/aromatic N) is 2. The van der Waals surface area contributed by atoms with Crippen LogP contribution in [0.15, 0.2) is 16.7 Å². The number of anilines is 1. The highest BCUT2D eigenvalue weighted by atomic mass is 79.9. The first kappa shape index (κ1) is 15.9. The lowest BCUT2D eigenvalue weighted by atomic mass is 10.2. The molecule has 19 heavy (non-hydrogen) atoms. The number of amides is 1. The molecule has 1 rings (SSSR count). The smallest absolute Gasteiger partial charge is 0.255 e. The van der Waals surface area contributed by atoms with Crippen molar-refractivity contribution in [2.45, 2.75) is 0 Å². The number of rotatable bonds is 7. The zero-order chi connectivity index (χ0) is 14.3. The Bertz CT molecular complexity index is 426. The van der Waals surface area contributed by atoms with Crippen molar-refractivity contribution in [1.29, 1.82) is 0 Å². The summed E-state index contributed by atoms with van der Waals surface area (Å²) in [6, 6.07) is 1.64. The summed E-state index contributed by atoms with van der Waals surface area (Å²) >= 11 is 3.25. The Kier molecular flexibility index (Phi) is 6.75. The number of hydrogen-bond acceptors (Lipinski definition) is 5. The first-order valence-corrected chi connectivity index (χ1v) is 6.71. The van der Waals surface area contributed by atoms with E-state index in [1.54, 1.807) is 12.3 Å². The topological polar surface area (TPSA) is 80.5 Å². The van der Waals surface area contributed by atoms with Crippen LogP contribution in [0.3, 0.4) is 0 Å². The molecule has 1 heterocycles. The van der Waals surface area contributed by atoms with Gasteiger partial charge in [-0.3, -0.25) is 4.79 Å². The van der Waals surface area contributed by atoms with Crippen LogP contribution in [-0.2, 0) is 4.74 Å². The number of aromatic nitrogens is 1. The lowest BCUT2D eigenvalue weighted by molar-refractivity contribution is 0.0900. The number of halogens is 1. The number of likely N-dealkylation sites (N-methyl/N-ethyl adjacent to an activating group) is 1. The Morgan fingerprint density at radius 1 is 1.53 bits per heavy atom. The number of carbonyl (C=O) groups excluding carboxylic acids is 1. The summed E-state index contributed by atoms with van der Waals surface area (Å²) in [4.78, 5) is 17.8. The van der Waals surface area contributed by atoms with Gasteiger partial charge in [-0.15, -0.1) is 0 Å². The molecule has 0 atom stereocenters. The third-order valence-corrected chi connectivity index (χ3v) is 2.78. The lowest BCUT2D eigenvalue weighted by Crippen LogP contribution is -2.29. The van der Waals surface area contributed by atoms with Crippen LogP contribution < -0.4 is 11.1 Å². The van der Waals surface area contributed by atoms with E-state index in [2.05, 4.69) is 26.2 Å². The quantitative estimate of drug-likeness (QED) is 0.720. The number of carbonyl (C=O) groups is 1. The summed E-state index contributed by atoms with van der Waals surface area (Å²) in [6.07, 6.45) is 1.55. The molecule has 0 spiro atoms. The number of ether oxygens (including phenoxy) is 1. The third-order valence-electron chi connectivity index (χ3n) is 2.34. The van der Waals surface area contributed by atoms with Gasteiger partial charge in [0.2, 0.25) is 0 Å². The van der Waals surface area contributed by atoms with E-state index in [-0.39, 0.29) is 11.7 Å². The Labute approximate surface area is 121 Å². The van der Waals surface area contributed by atoms with Gasteiger partial charge in [0, 0.05) is 23.8 Å². The average molecular weight is 331 g/mol. The predicted octanol–water partition coefficient (Wildman–Crippen LogP) is 0.734. The van der Waals surface area contributed by atoms with Gasteiger partial charge in [0.25, 0.3) is 5.91 Å². The Morgan fingerprint density at radius 2 is 2.26 bits per heavy atom. The summed E-state index contributed by atoms with van der Waals surface area (Å²) in [5, 5.41) is 2.74. The van der Waals surface area contributed by atoms with Crippen molar-refractivity contribution in [2.75, 3.05) is 46.1 Å². The van der Waals surface area contributed by atoms with Crippen molar-refractivity contribution < 1.29 is 9.53 Å². The summed E-state index contributed by atoms with van der Waals surface area (Å²) in [6.45, 7) is 2.42. The van der Waals surface area contributed by atoms with Crippen molar-refractivity contribution in [3.63, 3.8) is 0 Å². The van der Waals surface area contributed by atoms with Gasteiger partial charge in [-0.25, -0.2) is 4.98 Å². The molecule has 1 amide bonds. The Balaban J connectivity index is 2.29. The third kappa shape index (κ3) is 6.00. The largest absolute Gasteiger partial charge is 0.383 e. The normalized spacial score (nSPS) is 10.7. The molecular formula is C12H19BrN4O2. The summed E-state index contributed by atoms with van der Waals surface area (Å²) in [7, 11) is 3.96. The van der Waals surface area contributed by atoms with Crippen molar-refractivity contribution >= 4 is 27.7 Å². The molecule has 0 aliphatic heterocycles. The van der Waals surface area contributed by atoms with Crippen LogP contribution >= 0.6 is 15.9 Å². The maximum absolute atomic E-state index is 11.8. The number of nitrogens with one attached hydrogen (secondary N) is 1. The molecule has 0 aliphatic carbocycles. The number of hydrogen-bond donors (Lipinski definition) is 2. The zero-order valence-electron chi connectivity index (χ0n) is 11.1. The maximum Gasteiger partial charge on any atom is 0.255 e. The molecule has 0 aliphatic rings. The van der Waals surface area contributed by atoms with Gasteiger partial charge in [0.15, 0.2) is 0 Å². The summed E-state index contributed by atoms with van der Waals surface area (Å²) in [5.41, 5.74) is 6.01. The second kappa shape index (κ2) is 8.08. The number of nitrogen functional groups attached to an aromatic ring is 1. The minimum absolute atomic E-state index is 0.217. The van der Waals surface area contributed by atoms with Crippen LogP contribution in [-0.4, -0.2) is 56.2 Å². The van der Waals surface area contributed by atoms with E-state index in [0.29, 0.717) is 29.8 Å². The van der Waals surface area contributed by atoms with E-state index in [1.807, 2.05) is 19.0 Å². The van der Waals surface area contributed by atoms with Gasteiger partial charge in [0.1, 0.15) is 5.82 Å². The van der Waals surface area contributed by atoms with Gasteiger partial charge < -0.3 is 20.7 Å². The van der Waals surface area contributed by atoms with E-state index in [9.17, 15) is 4.79 Å². The summed E-state index contributed by atoms with van der Waals surface area (Å²) < 4.78 is 6.09. The average Bonchev–Trinajstić information content (AvgIpc) is 2.36. The lowest BCUT2D eigenvalue weighted by Gasteiger charge is -2.10. The fourth-order valence-corrected chi connectivity index (χ4v) is 1.64. The van der Waals surface area contributed by atoms with Crippen LogP contribution in [0.5, 0.6) is 0 Å². The molecule has 106 valence electrons. The summed E-state index contributed by atoms with van der Waals surface area (Å²) in [5.74, 6) is -0.0308. The van der Waals surface area contributed by atoms with Crippen LogP contribution in [0.2, 0.25) is 0 Å². The molecule has 1 aromatic rings. The standard InChI is InChI=1S/C12H19BrN4O2/c1-17(2)4-6-19-5-3-15-12(18)10-7-9(13)8-16-11(10)14/h7-8H,3-6H2,1-2H3,(H2,14,16)(H,15,18). The molecule has 1 aromatic heterocycles. The predicted molar refractivity (Wildman–Crippen MR) is 78.1 cm³/mol. The highest BCUT2D eigenvalue weighted by Crippen LogP contribution is 2.15. The molecule has 0 aromatic carbocycles. The minimum Gasteiger partial charge on any atom is -0.383 e. The molecular weight excluding hydrogens is 312 g/mol. The van der Waals surface area contributed by atoms with Crippen LogP contribution in [0.4, 0.5) is 5.82 Å². The monoisotopic (exact) mass is 330 g/mol. The second-order valence-corrected chi connectivity index (χ2v) is 5.17. The van der Waals surface area contributed by atoms with Crippen molar-refractivity contribution in [3.05, 3.63) is 22.3 Å². The molecule has 6 nitrogen and oxygen atoms in total. The fourth-order valence-electron chi connectivity index (χ4n) is 1.31. The maximum atomic E-state index is 11.8. The molecule has 7 heteroatoms. The van der Waals surface area contributed by atoms with E-state index in [0.717, 1.165) is 6.54 Å². The molecule has 0 saturated heterocycles. The second-order valence-electron chi connectivity index (χ2n) is 4.26. The minimum atomic E-state index is -0.248. The van der Waals surface area contributed by atoms with E-state index >= 15 is 0 Å². The zero-order valence-corrected chi connectivity index (χ0v) is 12.7. The van der Waals surface area contributed by atoms with Crippen LogP contribution in [0, 0.1) is 0 Å². The van der Waals surface area contributed by atoms with Gasteiger partial charge in [-0.05, 0) is 36.1 Å².